The molecule has 1 fully saturated rings. The third-order valence-corrected chi connectivity index (χ3v) is 3.47. The third-order valence-electron chi connectivity index (χ3n) is 3.47. The highest BCUT2D eigenvalue weighted by Gasteiger charge is 2.48. The van der Waals surface area contributed by atoms with E-state index in [-0.39, 0.29) is 31.4 Å². The number of amides is 2. The quantitative estimate of drug-likeness (QED) is 0.575. The molecular weight excluding hydrogens is 248 g/mol. The van der Waals surface area contributed by atoms with Crippen molar-refractivity contribution in [3.63, 3.8) is 0 Å². The largest absolute Gasteiger partial charge is 0.465 e. The van der Waals surface area contributed by atoms with Crippen LogP contribution in [0.25, 0.3) is 0 Å². The van der Waals surface area contributed by atoms with E-state index in [0.717, 1.165) is 4.90 Å². The molecule has 2 amide bonds. The van der Waals surface area contributed by atoms with Crippen LogP contribution in [0.3, 0.4) is 0 Å². The number of nitrogens with one attached hydrogen (secondary N) is 1. The molecule has 1 aliphatic rings. The van der Waals surface area contributed by atoms with Gasteiger partial charge in [0.1, 0.15) is 5.54 Å². The van der Waals surface area contributed by atoms with E-state index in [2.05, 4.69) is 5.32 Å². The summed E-state index contributed by atoms with van der Waals surface area (Å²) < 4.78 is 4.98. The van der Waals surface area contributed by atoms with Crippen LogP contribution in [0.4, 0.5) is 0 Å². The lowest BCUT2D eigenvalue weighted by Crippen LogP contribution is -2.57. The molecule has 1 aliphatic heterocycles. The fourth-order valence-corrected chi connectivity index (χ4v) is 2.04. The number of ether oxygens (including phenoxy) is 1. The maximum absolute atomic E-state index is 12.1. The molecule has 6 nitrogen and oxygen atoms in total. The molecule has 0 aromatic rings. The minimum atomic E-state index is -1.08. The van der Waals surface area contributed by atoms with Gasteiger partial charge in [-0.3, -0.25) is 14.5 Å². The van der Waals surface area contributed by atoms with E-state index in [9.17, 15) is 14.4 Å². The Kier molecular flexibility index (Phi) is 4.35. The lowest BCUT2D eigenvalue weighted by atomic mass is 9.92. The Labute approximate surface area is 113 Å². The first-order valence-electron chi connectivity index (χ1n) is 6.39. The number of likely N-dealkylation sites (N-methyl/N-ethyl adjacent to an activating group) is 1. The van der Waals surface area contributed by atoms with Crippen LogP contribution in [-0.4, -0.2) is 48.4 Å². The first-order chi connectivity index (χ1) is 8.68. The highest BCUT2D eigenvalue weighted by molar-refractivity contribution is 6.06. The van der Waals surface area contributed by atoms with Gasteiger partial charge in [-0.05, 0) is 20.9 Å². The predicted molar refractivity (Wildman–Crippen MR) is 69.2 cm³/mol. The van der Waals surface area contributed by atoms with E-state index in [1.54, 1.807) is 34.7 Å². The maximum atomic E-state index is 12.1. The van der Waals surface area contributed by atoms with Crippen LogP contribution in [0.2, 0.25) is 0 Å². The molecular formula is C13H22N2O4. The molecule has 0 aliphatic carbocycles. The second-order valence-corrected chi connectivity index (χ2v) is 5.65. The SMILES string of the molecule is CCOC(=O)C(C)(CN1C(=O)CC(C)(C)C1=O)NC. The van der Waals surface area contributed by atoms with Crippen LogP contribution in [0.1, 0.15) is 34.1 Å². The Balaban J connectivity index is 2.90. The first kappa shape index (κ1) is 15.6. The van der Waals surface area contributed by atoms with Gasteiger partial charge in [0.2, 0.25) is 11.8 Å². The summed E-state index contributed by atoms with van der Waals surface area (Å²) in [6, 6.07) is 0. The summed E-state index contributed by atoms with van der Waals surface area (Å²) >= 11 is 0. The summed E-state index contributed by atoms with van der Waals surface area (Å²) in [7, 11) is 1.60. The van der Waals surface area contributed by atoms with Gasteiger partial charge >= 0.3 is 5.97 Å². The van der Waals surface area contributed by atoms with E-state index >= 15 is 0 Å². The fraction of sp³-hybridized carbons (Fsp3) is 0.769. The second kappa shape index (κ2) is 5.28. The highest BCUT2D eigenvalue weighted by atomic mass is 16.5. The first-order valence-corrected chi connectivity index (χ1v) is 6.39. The van der Waals surface area contributed by atoms with E-state index in [1.807, 2.05) is 0 Å². The number of hydrogen-bond acceptors (Lipinski definition) is 5. The van der Waals surface area contributed by atoms with Gasteiger partial charge in [0.05, 0.1) is 18.6 Å². The Morgan fingerprint density at radius 3 is 2.42 bits per heavy atom. The molecule has 1 saturated heterocycles. The lowest BCUT2D eigenvalue weighted by molar-refractivity contribution is -0.153. The predicted octanol–water partition coefficient (Wildman–Crippen LogP) is 0.313. The van der Waals surface area contributed by atoms with Crippen LogP contribution in [-0.2, 0) is 19.1 Å². The number of carbonyl (C=O) groups is 3. The molecule has 0 aromatic carbocycles. The molecule has 1 heterocycles. The van der Waals surface area contributed by atoms with E-state index in [1.165, 1.54) is 0 Å². The van der Waals surface area contributed by atoms with Crippen molar-refractivity contribution in [2.45, 2.75) is 39.7 Å². The van der Waals surface area contributed by atoms with E-state index in [0.29, 0.717) is 0 Å². The van der Waals surface area contributed by atoms with Gasteiger partial charge in [0.25, 0.3) is 0 Å². The molecule has 108 valence electrons. The number of nitrogens with zero attached hydrogens (tertiary/aromatic N) is 1. The third kappa shape index (κ3) is 2.94. The number of likely N-dealkylation sites (tertiary alicyclic amines) is 1. The van der Waals surface area contributed by atoms with E-state index in [4.69, 9.17) is 4.74 Å². The molecule has 0 saturated carbocycles. The molecule has 1 rings (SSSR count). The Morgan fingerprint density at radius 1 is 1.47 bits per heavy atom. The van der Waals surface area contributed by atoms with Gasteiger partial charge in [-0.15, -0.1) is 0 Å². The standard InChI is InChI=1S/C13H22N2O4/c1-6-19-11(18)13(4,14-5)8-15-9(16)7-12(2,3)10(15)17/h14H,6-8H2,1-5H3. The van der Waals surface area contributed by atoms with Gasteiger partial charge in [0, 0.05) is 6.42 Å². The van der Waals surface area contributed by atoms with Crippen molar-refractivity contribution in [1.29, 1.82) is 0 Å². The zero-order chi connectivity index (χ0) is 14.8. The second-order valence-electron chi connectivity index (χ2n) is 5.65. The number of carbonyl (C=O) groups excluding carboxylic acids is 3. The Morgan fingerprint density at radius 2 is 2.05 bits per heavy atom. The molecule has 0 spiro atoms. The molecule has 0 radical (unpaired) electrons. The maximum Gasteiger partial charge on any atom is 0.327 e. The van der Waals surface area contributed by atoms with Crippen molar-refractivity contribution in [2.24, 2.45) is 5.41 Å². The van der Waals surface area contributed by atoms with Crippen molar-refractivity contribution in [1.82, 2.24) is 10.2 Å². The van der Waals surface area contributed by atoms with Gasteiger partial charge in [-0.25, -0.2) is 4.79 Å². The van der Waals surface area contributed by atoms with Crippen molar-refractivity contribution in [3.8, 4) is 0 Å². The van der Waals surface area contributed by atoms with Crippen LogP contribution in [0, 0.1) is 5.41 Å². The van der Waals surface area contributed by atoms with E-state index < -0.39 is 16.9 Å². The number of hydrogen-bond donors (Lipinski definition) is 1. The summed E-state index contributed by atoms with van der Waals surface area (Å²) in [5.41, 5.74) is -1.78. The molecule has 1 N–H and O–H groups in total. The molecule has 1 atom stereocenters. The lowest BCUT2D eigenvalue weighted by Gasteiger charge is -2.30. The Hall–Kier alpha value is -1.43. The van der Waals surface area contributed by atoms with Crippen molar-refractivity contribution in [3.05, 3.63) is 0 Å². The monoisotopic (exact) mass is 270 g/mol. The fourth-order valence-electron chi connectivity index (χ4n) is 2.04. The molecule has 1 unspecified atom stereocenters. The topological polar surface area (TPSA) is 75.7 Å². The van der Waals surface area contributed by atoms with Crippen LogP contribution in [0.5, 0.6) is 0 Å². The van der Waals surface area contributed by atoms with Crippen molar-refractivity contribution in [2.75, 3.05) is 20.2 Å². The average Bonchev–Trinajstić information content (AvgIpc) is 2.51. The van der Waals surface area contributed by atoms with Gasteiger partial charge in [-0.2, -0.15) is 0 Å². The minimum absolute atomic E-state index is 0.0105. The normalized spacial score (nSPS) is 21.4. The molecule has 0 bridgehead atoms. The highest BCUT2D eigenvalue weighted by Crippen LogP contribution is 2.32. The van der Waals surface area contributed by atoms with Crippen LogP contribution >= 0.6 is 0 Å². The number of rotatable bonds is 5. The average molecular weight is 270 g/mol. The van der Waals surface area contributed by atoms with Gasteiger partial charge < -0.3 is 10.1 Å². The molecule has 6 heteroatoms. The molecule has 0 aromatic heterocycles. The van der Waals surface area contributed by atoms with Gasteiger partial charge in [0.15, 0.2) is 0 Å². The van der Waals surface area contributed by atoms with Crippen LogP contribution in [0.15, 0.2) is 0 Å². The van der Waals surface area contributed by atoms with Crippen LogP contribution < -0.4 is 5.32 Å². The zero-order valence-electron chi connectivity index (χ0n) is 12.2. The van der Waals surface area contributed by atoms with Crippen molar-refractivity contribution >= 4 is 17.8 Å². The summed E-state index contributed by atoms with van der Waals surface area (Å²) in [6.07, 6.45) is 0.175. The number of imide groups is 1. The van der Waals surface area contributed by atoms with Crippen molar-refractivity contribution < 1.29 is 19.1 Å². The zero-order valence-corrected chi connectivity index (χ0v) is 12.2. The smallest absolute Gasteiger partial charge is 0.327 e. The minimum Gasteiger partial charge on any atom is -0.465 e. The summed E-state index contributed by atoms with van der Waals surface area (Å²) in [5, 5.41) is 2.84. The van der Waals surface area contributed by atoms with Gasteiger partial charge in [-0.1, -0.05) is 13.8 Å². The number of esters is 1. The molecule has 19 heavy (non-hydrogen) atoms. The Bertz CT molecular complexity index is 405. The summed E-state index contributed by atoms with van der Waals surface area (Å²) in [6.45, 7) is 7.04. The summed E-state index contributed by atoms with van der Waals surface area (Å²) in [4.78, 5) is 37.1. The summed E-state index contributed by atoms with van der Waals surface area (Å²) in [5.74, 6) is -0.966.